The summed E-state index contributed by atoms with van der Waals surface area (Å²) in [5.74, 6) is -1.34. The number of hydrogen-bond acceptors (Lipinski definition) is 5. The number of amides is 1. The third-order valence-corrected chi connectivity index (χ3v) is 5.89. The average Bonchev–Trinajstić information content (AvgIpc) is 3.13. The molecule has 0 saturated carbocycles. The van der Waals surface area contributed by atoms with E-state index in [2.05, 4.69) is 35.5 Å². The van der Waals surface area contributed by atoms with Crippen LogP contribution in [0.4, 0.5) is 5.69 Å². The van der Waals surface area contributed by atoms with E-state index in [4.69, 9.17) is 0 Å². The predicted molar refractivity (Wildman–Crippen MR) is 122 cm³/mol. The quantitative estimate of drug-likeness (QED) is 0.405. The molecule has 0 fully saturated rings. The molecule has 1 unspecified atom stereocenters. The lowest BCUT2D eigenvalue weighted by molar-refractivity contribution is -0.141. The number of carboxylic acid groups (broad SMARTS) is 1. The van der Waals surface area contributed by atoms with Gasteiger partial charge in [-0.15, -0.1) is 11.3 Å². The van der Waals surface area contributed by atoms with Crippen LogP contribution in [0.15, 0.2) is 42.5 Å². The fourth-order valence-electron chi connectivity index (χ4n) is 3.15. The number of nitrogens with zero attached hydrogens (tertiary/aromatic N) is 1. The highest BCUT2D eigenvalue weighted by molar-refractivity contribution is 7.21. The van der Waals surface area contributed by atoms with Gasteiger partial charge in [0.2, 0.25) is 5.91 Å². The molecule has 30 heavy (non-hydrogen) atoms. The zero-order chi connectivity index (χ0) is 21.5. The Morgan fingerprint density at radius 3 is 2.60 bits per heavy atom. The second-order valence-corrected chi connectivity index (χ2v) is 8.40. The molecule has 6 nitrogen and oxygen atoms in total. The molecule has 0 spiro atoms. The van der Waals surface area contributed by atoms with Crippen LogP contribution < -0.4 is 10.6 Å². The summed E-state index contributed by atoms with van der Waals surface area (Å²) in [5, 5.41) is 16.0. The van der Waals surface area contributed by atoms with Gasteiger partial charge in [0.25, 0.3) is 0 Å². The van der Waals surface area contributed by atoms with Crippen molar-refractivity contribution in [3.8, 4) is 10.6 Å². The van der Waals surface area contributed by atoms with Crippen LogP contribution >= 0.6 is 11.3 Å². The van der Waals surface area contributed by atoms with Gasteiger partial charge in [0, 0.05) is 11.3 Å². The molecule has 7 heteroatoms. The zero-order valence-electron chi connectivity index (χ0n) is 17.3. The molecule has 3 rings (SSSR count). The van der Waals surface area contributed by atoms with Gasteiger partial charge in [0.15, 0.2) is 0 Å². The smallest absolute Gasteiger partial charge is 0.321 e. The fourth-order valence-corrected chi connectivity index (χ4v) is 4.22. The molecule has 158 valence electrons. The second-order valence-electron chi connectivity index (χ2n) is 7.37. The first-order valence-electron chi connectivity index (χ1n) is 10.2. The first-order valence-corrected chi connectivity index (χ1v) is 11.0. The lowest BCUT2D eigenvalue weighted by Crippen LogP contribution is -2.40. The Morgan fingerprint density at radius 1 is 1.13 bits per heavy atom. The number of carboxylic acids is 1. The van der Waals surface area contributed by atoms with Crippen LogP contribution in [0.3, 0.4) is 0 Å². The number of carbonyl (C=O) groups excluding carboxylic acids is 1. The van der Waals surface area contributed by atoms with Crippen molar-refractivity contribution in [1.82, 2.24) is 10.3 Å². The van der Waals surface area contributed by atoms with E-state index in [-0.39, 0.29) is 12.3 Å². The number of aliphatic carboxylic acids is 1. The molecule has 1 heterocycles. The van der Waals surface area contributed by atoms with Crippen molar-refractivity contribution >= 4 is 39.1 Å². The van der Waals surface area contributed by atoms with E-state index < -0.39 is 12.0 Å². The Labute approximate surface area is 180 Å². The largest absolute Gasteiger partial charge is 0.480 e. The van der Waals surface area contributed by atoms with Gasteiger partial charge in [-0.3, -0.25) is 9.59 Å². The number of aryl methyl sites for hydroxylation is 1. The maximum Gasteiger partial charge on any atom is 0.321 e. The molecule has 0 bridgehead atoms. The molecule has 1 aromatic heterocycles. The summed E-state index contributed by atoms with van der Waals surface area (Å²) in [7, 11) is 0. The van der Waals surface area contributed by atoms with Crippen LogP contribution in [0.2, 0.25) is 0 Å². The zero-order valence-corrected chi connectivity index (χ0v) is 18.1. The maximum atomic E-state index is 12.3. The van der Waals surface area contributed by atoms with Gasteiger partial charge < -0.3 is 15.7 Å². The van der Waals surface area contributed by atoms with Crippen molar-refractivity contribution in [3.05, 3.63) is 48.0 Å². The number of benzene rings is 2. The van der Waals surface area contributed by atoms with Crippen LogP contribution in [0.1, 0.15) is 38.2 Å². The van der Waals surface area contributed by atoms with Crippen LogP contribution in [0.25, 0.3) is 20.8 Å². The van der Waals surface area contributed by atoms with Crippen LogP contribution in [-0.4, -0.2) is 34.6 Å². The van der Waals surface area contributed by atoms with Gasteiger partial charge in [0.1, 0.15) is 11.0 Å². The first kappa shape index (κ1) is 21.9. The molecule has 0 saturated heterocycles. The van der Waals surface area contributed by atoms with Gasteiger partial charge in [0.05, 0.1) is 16.6 Å². The van der Waals surface area contributed by atoms with E-state index in [1.165, 1.54) is 5.56 Å². The van der Waals surface area contributed by atoms with Crippen molar-refractivity contribution in [2.24, 2.45) is 0 Å². The number of unbranched alkanes of at least 4 members (excludes halogenated alkanes) is 2. The van der Waals surface area contributed by atoms with E-state index in [1.54, 1.807) is 11.3 Å². The summed E-state index contributed by atoms with van der Waals surface area (Å²) >= 11 is 1.63. The van der Waals surface area contributed by atoms with E-state index >= 15 is 0 Å². The topological polar surface area (TPSA) is 91.3 Å². The summed E-state index contributed by atoms with van der Waals surface area (Å²) in [6.07, 6.45) is 2.88. The summed E-state index contributed by atoms with van der Waals surface area (Å²) in [6.45, 7) is 4.74. The number of carbonyl (C=O) groups is 2. The van der Waals surface area contributed by atoms with Gasteiger partial charge >= 0.3 is 5.97 Å². The summed E-state index contributed by atoms with van der Waals surface area (Å²) in [5.41, 5.74) is 3.79. The molecule has 2 aromatic carbocycles. The predicted octanol–water partition coefficient (Wildman–Crippen LogP) is 4.83. The lowest BCUT2D eigenvalue weighted by Gasteiger charge is -2.14. The van der Waals surface area contributed by atoms with Crippen molar-refractivity contribution in [3.63, 3.8) is 0 Å². The molecule has 0 radical (unpaired) electrons. The van der Waals surface area contributed by atoms with Crippen molar-refractivity contribution in [2.45, 2.75) is 45.6 Å². The Hall–Kier alpha value is -2.77. The molecule has 3 N–H and O–H groups in total. The minimum Gasteiger partial charge on any atom is -0.480 e. The summed E-state index contributed by atoms with van der Waals surface area (Å²) in [6, 6.07) is 12.8. The van der Waals surface area contributed by atoms with Gasteiger partial charge in [-0.25, -0.2) is 4.98 Å². The normalized spacial score (nSPS) is 12.1. The summed E-state index contributed by atoms with van der Waals surface area (Å²) < 4.78 is 1.15. The van der Waals surface area contributed by atoms with Crippen molar-refractivity contribution < 1.29 is 14.7 Å². The fraction of sp³-hybridized carbons (Fsp3) is 0.348. The highest BCUT2D eigenvalue weighted by Gasteiger charge is 2.20. The van der Waals surface area contributed by atoms with Crippen molar-refractivity contribution in [1.29, 1.82) is 0 Å². The third kappa shape index (κ3) is 5.87. The highest BCUT2D eigenvalue weighted by Crippen LogP contribution is 2.31. The lowest BCUT2D eigenvalue weighted by atomic mass is 10.1. The molecule has 1 atom stereocenters. The highest BCUT2D eigenvalue weighted by atomic mass is 32.1. The second kappa shape index (κ2) is 10.3. The number of thiazole rings is 1. The van der Waals surface area contributed by atoms with Gasteiger partial charge in [-0.1, -0.05) is 25.8 Å². The number of anilines is 1. The molecule has 0 aliphatic heterocycles. The maximum absolute atomic E-state index is 12.3. The van der Waals surface area contributed by atoms with E-state index in [0.717, 1.165) is 40.1 Å². The minimum absolute atomic E-state index is 0.111. The third-order valence-electron chi connectivity index (χ3n) is 4.82. The number of rotatable bonds is 10. The molecule has 0 aliphatic rings. The first-order chi connectivity index (χ1) is 14.5. The van der Waals surface area contributed by atoms with Crippen LogP contribution in [0.5, 0.6) is 0 Å². The number of hydrogen-bond donors (Lipinski definition) is 3. The number of nitrogens with one attached hydrogen (secondary N) is 2. The van der Waals surface area contributed by atoms with E-state index in [9.17, 15) is 14.7 Å². The van der Waals surface area contributed by atoms with E-state index in [0.29, 0.717) is 12.2 Å². The van der Waals surface area contributed by atoms with Crippen molar-refractivity contribution in [2.75, 3.05) is 11.9 Å². The average molecular weight is 426 g/mol. The molecule has 3 aromatic rings. The van der Waals surface area contributed by atoms with E-state index in [1.807, 2.05) is 36.4 Å². The minimum atomic E-state index is -1.01. The monoisotopic (exact) mass is 425 g/mol. The Bertz CT molecular complexity index is 1010. The summed E-state index contributed by atoms with van der Waals surface area (Å²) in [4.78, 5) is 28.4. The SMILES string of the molecule is CCCCCNC(CC(=O)Nc1ccc(-c2nc3ccc(C)cc3s2)cc1)C(=O)O. The van der Waals surface area contributed by atoms with Crippen LogP contribution in [0, 0.1) is 6.92 Å². The standard InChI is InChI=1S/C23H27N3O3S/c1-3-4-5-12-24-19(23(28)29)14-21(27)25-17-9-7-16(8-10-17)22-26-18-11-6-15(2)13-20(18)30-22/h6-11,13,19,24H,3-5,12,14H2,1-2H3,(H,25,27)(H,28,29). The molecular formula is C23H27N3O3S. The number of aromatic nitrogens is 1. The molecular weight excluding hydrogens is 398 g/mol. The Kier molecular flexibility index (Phi) is 7.54. The van der Waals surface area contributed by atoms with Crippen LogP contribution in [-0.2, 0) is 9.59 Å². The Balaban J connectivity index is 1.59. The number of fused-ring (bicyclic) bond motifs is 1. The molecule has 1 amide bonds. The van der Waals surface area contributed by atoms with Gasteiger partial charge in [-0.05, 0) is 61.9 Å². The Morgan fingerprint density at radius 2 is 1.90 bits per heavy atom. The molecule has 0 aliphatic carbocycles. The van der Waals surface area contributed by atoms with Gasteiger partial charge in [-0.2, -0.15) is 0 Å².